The molecule has 0 unspecified atom stereocenters. The van der Waals surface area contributed by atoms with E-state index < -0.39 is 0 Å². The van der Waals surface area contributed by atoms with Gasteiger partial charge in [-0.2, -0.15) is 0 Å². The van der Waals surface area contributed by atoms with Gasteiger partial charge in [-0.3, -0.25) is 9.78 Å². The van der Waals surface area contributed by atoms with Crippen LogP contribution in [0.2, 0.25) is 0 Å². The fraction of sp³-hybridized carbons (Fsp3) is 0.200. The number of hydrogen-bond acceptors (Lipinski definition) is 3. The highest BCUT2D eigenvalue weighted by molar-refractivity contribution is 5.67. The molecule has 0 radical (unpaired) electrons. The van der Waals surface area contributed by atoms with Gasteiger partial charge in [0.15, 0.2) is 5.65 Å². The lowest BCUT2D eigenvalue weighted by Crippen LogP contribution is -2.22. The smallest absolute Gasteiger partial charge is 0.274 e. The van der Waals surface area contributed by atoms with Crippen LogP contribution in [0.15, 0.2) is 35.5 Å². The Labute approximate surface area is 120 Å². The van der Waals surface area contributed by atoms with Gasteiger partial charge in [-0.1, -0.05) is 13.0 Å². The van der Waals surface area contributed by atoms with Gasteiger partial charge in [0.2, 0.25) is 5.69 Å². The molecule has 0 bridgehead atoms. The molecule has 6 nitrogen and oxygen atoms in total. The van der Waals surface area contributed by atoms with Crippen LogP contribution < -0.4 is 5.56 Å². The van der Waals surface area contributed by atoms with Crippen LogP contribution in [0.4, 0.5) is 5.69 Å². The lowest BCUT2D eigenvalue weighted by Gasteiger charge is -2.07. The fourth-order valence-corrected chi connectivity index (χ4v) is 2.36. The second-order valence-corrected chi connectivity index (χ2v) is 4.66. The maximum absolute atomic E-state index is 12.5. The van der Waals surface area contributed by atoms with Crippen molar-refractivity contribution in [3.05, 3.63) is 69.3 Å². The van der Waals surface area contributed by atoms with Crippen LogP contribution in [0.25, 0.3) is 10.5 Å². The summed E-state index contributed by atoms with van der Waals surface area (Å²) in [6.45, 7) is 9.07. The Morgan fingerprint density at radius 1 is 1.48 bits per heavy atom. The van der Waals surface area contributed by atoms with E-state index in [4.69, 9.17) is 6.57 Å². The number of aromatic amines is 1. The molecule has 3 aromatic heterocycles. The van der Waals surface area contributed by atoms with Crippen molar-refractivity contribution in [2.24, 2.45) is 0 Å². The standard InChI is InChI=1S/C15H13N5O/c1-3-11-12(7-10-5-4-6-17-8-10)19-14-13(16-2)9-18-20(14)15(11)21/h4-6,8-9,18H,3,7H2,1H3. The Kier molecular flexibility index (Phi) is 3.24. The number of fused-ring (bicyclic) bond motifs is 1. The number of nitrogens with one attached hydrogen (secondary N) is 1. The molecule has 3 heterocycles. The third kappa shape index (κ3) is 2.19. The summed E-state index contributed by atoms with van der Waals surface area (Å²) in [5.41, 5.74) is 2.95. The van der Waals surface area contributed by atoms with E-state index in [1.807, 2.05) is 19.1 Å². The highest BCUT2D eigenvalue weighted by Gasteiger charge is 2.15. The van der Waals surface area contributed by atoms with E-state index >= 15 is 0 Å². The largest absolute Gasteiger partial charge is 0.308 e. The first-order valence-corrected chi connectivity index (χ1v) is 6.62. The summed E-state index contributed by atoms with van der Waals surface area (Å²) in [5, 5.41) is 2.79. The fourth-order valence-electron chi connectivity index (χ4n) is 2.36. The summed E-state index contributed by atoms with van der Waals surface area (Å²) in [6, 6.07) is 3.80. The zero-order valence-corrected chi connectivity index (χ0v) is 11.5. The Morgan fingerprint density at radius 3 is 3.00 bits per heavy atom. The second-order valence-electron chi connectivity index (χ2n) is 4.66. The molecule has 0 amide bonds. The predicted octanol–water partition coefficient (Wildman–Crippen LogP) is 2.12. The molecule has 0 atom stereocenters. The van der Waals surface area contributed by atoms with E-state index in [0.717, 1.165) is 5.56 Å². The van der Waals surface area contributed by atoms with Gasteiger partial charge in [-0.15, -0.1) is 0 Å². The van der Waals surface area contributed by atoms with Crippen molar-refractivity contribution < 1.29 is 0 Å². The molecule has 0 fully saturated rings. The van der Waals surface area contributed by atoms with Crippen molar-refractivity contribution in [2.75, 3.05) is 0 Å². The summed E-state index contributed by atoms with van der Waals surface area (Å²) >= 11 is 0. The molecule has 6 heteroatoms. The first kappa shape index (κ1) is 13.1. The SMILES string of the molecule is [C-]#[N+]c1c[nH]n2c(=O)c(CC)c(Cc3cccnc3)nc12. The monoisotopic (exact) mass is 279 g/mol. The quantitative estimate of drug-likeness (QED) is 0.747. The number of rotatable bonds is 3. The molecule has 0 aliphatic rings. The molecule has 0 aromatic carbocycles. The van der Waals surface area contributed by atoms with E-state index in [9.17, 15) is 4.79 Å². The summed E-state index contributed by atoms with van der Waals surface area (Å²) in [7, 11) is 0. The highest BCUT2D eigenvalue weighted by Crippen LogP contribution is 2.19. The van der Waals surface area contributed by atoms with Crippen molar-refractivity contribution in [2.45, 2.75) is 19.8 Å². The minimum atomic E-state index is -0.142. The molecule has 0 aliphatic carbocycles. The van der Waals surface area contributed by atoms with E-state index in [0.29, 0.717) is 35.4 Å². The maximum atomic E-state index is 12.5. The Morgan fingerprint density at radius 2 is 2.33 bits per heavy atom. The van der Waals surface area contributed by atoms with Gasteiger partial charge in [0, 0.05) is 30.6 Å². The molecular formula is C15H13N5O. The topological polar surface area (TPSA) is 67.4 Å². The third-order valence-electron chi connectivity index (χ3n) is 3.39. The van der Waals surface area contributed by atoms with Gasteiger partial charge in [0.25, 0.3) is 5.56 Å². The van der Waals surface area contributed by atoms with Crippen molar-refractivity contribution >= 4 is 11.3 Å². The van der Waals surface area contributed by atoms with E-state index in [2.05, 4.69) is 19.9 Å². The molecule has 0 spiro atoms. The molecule has 104 valence electrons. The number of pyridine rings is 1. The Balaban J connectivity index is 2.21. The van der Waals surface area contributed by atoms with E-state index in [-0.39, 0.29) is 5.56 Å². The van der Waals surface area contributed by atoms with Crippen LogP contribution >= 0.6 is 0 Å². The third-order valence-corrected chi connectivity index (χ3v) is 3.39. The van der Waals surface area contributed by atoms with Crippen molar-refractivity contribution in [1.82, 2.24) is 19.6 Å². The maximum Gasteiger partial charge on any atom is 0.274 e. The zero-order valence-electron chi connectivity index (χ0n) is 11.5. The van der Waals surface area contributed by atoms with E-state index in [1.54, 1.807) is 12.4 Å². The van der Waals surface area contributed by atoms with Crippen LogP contribution in [0.5, 0.6) is 0 Å². The van der Waals surface area contributed by atoms with Crippen LogP contribution in [0, 0.1) is 6.57 Å². The van der Waals surface area contributed by atoms with Crippen LogP contribution in [0.3, 0.4) is 0 Å². The highest BCUT2D eigenvalue weighted by atomic mass is 16.1. The first-order valence-electron chi connectivity index (χ1n) is 6.62. The first-order chi connectivity index (χ1) is 10.2. The number of hydrogen-bond donors (Lipinski definition) is 1. The van der Waals surface area contributed by atoms with Crippen molar-refractivity contribution in [3.63, 3.8) is 0 Å². The number of aromatic nitrogens is 4. The number of H-pyrrole nitrogens is 1. The van der Waals surface area contributed by atoms with Crippen LogP contribution in [0.1, 0.15) is 23.7 Å². The summed E-state index contributed by atoms with van der Waals surface area (Å²) in [4.78, 5) is 24.5. The molecule has 3 aromatic rings. The van der Waals surface area contributed by atoms with Gasteiger partial charge >= 0.3 is 0 Å². The molecule has 0 aliphatic heterocycles. The summed E-state index contributed by atoms with van der Waals surface area (Å²) in [6.07, 6.45) is 6.10. The Hall–Kier alpha value is -2.94. The minimum absolute atomic E-state index is 0.142. The molecule has 1 N–H and O–H groups in total. The van der Waals surface area contributed by atoms with Crippen LogP contribution in [-0.4, -0.2) is 19.6 Å². The zero-order chi connectivity index (χ0) is 14.8. The molecule has 21 heavy (non-hydrogen) atoms. The lowest BCUT2D eigenvalue weighted by molar-refractivity contribution is 0.840. The van der Waals surface area contributed by atoms with Gasteiger partial charge in [-0.05, 0) is 18.1 Å². The molecule has 0 saturated carbocycles. The molecule has 0 saturated heterocycles. The van der Waals surface area contributed by atoms with Gasteiger partial charge in [-0.25, -0.2) is 14.3 Å². The van der Waals surface area contributed by atoms with Gasteiger partial charge in [0.05, 0.1) is 12.3 Å². The number of nitrogens with zero attached hydrogens (tertiary/aromatic N) is 4. The second kappa shape index (κ2) is 5.21. The Bertz CT molecular complexity index is 886. The normalized spacial score (nSPS) is 10.7. The predicted molar refractivity (Wildman–Crippen MR) is 78.5 cm³/mol. The minimum Gasteiger partial charge on any atom is -0.308 e. The molecule has 3 rings (SSSR count). The average Bonchev–Trinajstić information content (AvgIpc) is 2.92. The summed E-state index contributed by atoms with van der Waals surface area (Å²) < 4.78 is 1.33. The lowest BCUT2D eigenvalue weighted by atomic mass is 10.1. The summed E-state index contributed by atoms with van der Waals surface area (Å²) in [5.74, 6) is 0. The average molecular weight is 279 g/mol. The molecular weight excluding hydrogens is 266 g/mol. The van der Waals surface area contributed by atoms with Crippen molar-refractivity contribution in [1.29, 1.82) is 0 Å². The van der Waals surface area contributed by atoms with Crippen LogP contribution in [-0.2, 0) is 12.8 Å². The van der Waals surface area contributed by atoms with Crippen molar-refractivity contribution in [3.8, 4) is 0 Å². The van der Waals surface area contributed by atoms with Gasteiger partial charge < -0.3 is 5.10 Å². The van der Waals surface area contributed by atoms with E-state index in [1.165, 1.54) is 10.7 Å². The van der Waals surface area contributed by atoms with Gasteiger partial charge in [0.1, 0.15) is 0 Å².